The molecule has 0 aliphatic carbocycles. The van der Waals surface area contributed by atoms with Gasteiger partial charge in [0.2, 0.25) is 5.91 Å². The van der Waals surface area contributed by atoms with Crippen LogP contribution in [0.15, 0.2) is 18.2 Å². The van der Waals surface area contributed by atoms with E-state index in [1.807, 2.05) is 7.05 Å². The maximum absolute atomic E-state index is 12.4. The van der Waals surface area contributed by atoms with Crippen molar-refractivity contribution in [1.29, 1.82) is 0 Å². The fourth-order valence-corrected chi connectivity index (χ4v) is 3.50. The number of fused-ring (bicyclic) bond motifs is 3. The molecule has 2 fully saturated rings. The third kappa shape index (κ3) is 4.23. The van der Waals surface area contributed by atoms with Gasteiger partial charge >= 0.3 is 5.97 Å². The maximum Gasteiger partial charge on any atom is 0.341 e. The van der Waals surface area contributed by atoms with Crippen molar-refractivity contribution in [3.8, 4) is 5.75 Å². The Morgan fingerprint density at radius 1 is 1.40 bits per heavy atom. The lowest BCUT2D eigenvalue weighted by atomic mass is 10.1. The van der Waals surface area contributed by atoms with Crippen molar-refractivity contribution in [2.24, 2.45) is 5.92 Å². The molecule has 1 N–H and O–H groups in total. The van der Waals surface area contributed by atoms with E-state index in [9.17, 15) is 9.59 Å². The van der Waals surface area contributed by atoms with Gasteiger partial charge in [-0.3, -0.25) is 9.69 Å². The molecule has 1 amide bonds. The molecule has 7 nitrogen and oxygen atoms in total. The Morgan fingerprint density at radius 2 is 2.20 bits per heavy atom. The molecular weight excluding hydrogens is 348 g/mol. The Kier molecular flexibility index (Phi) is 5.46. The van der Waals surface area contributed by atoms with Gasteiger partial charge in [0.1, 0.15) is 5.75 Å². The second-order valence-electron chi connectivity index (χ2n) is 6.47. The molecule has 2 aliphatic rings. The summed E-state index contributed by atoms with van der Waals surface area (Å²) in [5.41, 5.74) is 0.810. The molecule has 0 radical (unpaired) electrons. The van der Waals surface area contributed by atoms with Gasteiger partial charge in [-0.05, 0) is 18.2 Å². The SMILES string of the molecule is CN1C(=O)[C@H]2COC[C@@H]1CN(Cc1cc(Cl)ccc1OCC(=O)O)C2. The Labute approximate surface area is 151 Å². The second kappa shape index (κ2) is 7.59. The fraction of sp³-hybridized carbons (Fsp3) is 0.529. The number of carbonyl (C=O) groups excluding carboxylic acids is 1. The number of carbonyl (C=O) groups is 2. The summed E-state index contributed by atoms with van der Waals surface area (Å²) in [6, 6.07) is 5.13. The standard InChI is InChI=1S/C17H21ClN2O5/c1-19-14-7-20(6-12(17(19)23)8-24-9-14)5-11-4-13(18)2-3-15(11)25-10-16(21)22/h2-4,12,14H,5-10H2,1H3,(H,21,22)/t12-,14+/m1/s1. The Hall–Kier alpha value is -1.83. The van der Waals surface area contributed by atoms with Crippen molar-refractivity contribution in [1.82, 2.24) is 9.80 Å². The number of amides is 1. The third-order valence-corrected chi connectivity index (χ3v) is 4.82. The predicted octanol–water partition coefficient (Wildman–Crippen LogP) is 1.09. The number of halogens is 1. The molecule has 0 unspecified atom stereocenters. The number of ether oxygens (including phenoxy) is 2. The van der Waals surface area contributed by atoms with Gasteiger partial charge in [-0.1, -0.05) is 11.6 Å². The molecule has 0 spiro atoms. The molecule has 1 aromatic carbocycles. The van der Waals surface area contributed by atoms with Gasteiger partial charge in [-0.25, -0.2) is 4.79 Å². The summed E-state index contributed by atoms with van der Waals surface area (Å²) in [7, 11) is 1.82. The highest BCUT2D eigenvalue weighted by Crippen LogP contribution is 2.27. The number of likely N-dealkylation sites (N-methyl/N-ethyl adjacent to an activating group) is 1. The molecule has 2 bridgehead atoms. The van der Waals surface area contributed by atoms with Crippen LogP contribution in [0.4, 0.5) is 0 Å². The van der Waals surface area contributed by atoms with Crippen LogP contribution in [0.5, 0.6) is 5.75 Å². The number of benzene rings is 1. The van der Waals surface area contributed by atoms with Crippen LogP contribution in [0, 0.1) is 5.92 Å². The zero-order valence-corrected chi connectivity index (χ0v) is 14.7. The average molecular weight is 369 g/mol. The first-order valence-electron chi connectivity index (χ1n) is 8.14. The first-order chi connectivity index (χ1) is 11.9. The van der Waals surface area contributed by atoms with Crippen molar-refractivity contribution in [2.45, 2.75) is 12.6 Å². The second-order valence-corrected chi connectivity index (χ2v) is 6.90. The van der Waals surface area contributed by atoms with E-state index in [1.54, 1.807) is 23.1 Å². The molecule has 8 heteroatoms. The molecule has 0 aromatic heterocycles. The largest absolute Gasteiger partial charge is 0.482 e. The zero-order valence-electron chi connectivity index (χ0n) is 14.0. The number of nitrogens with zero attached hydrogens (tertiary/aromatic N) is 2. The number of rotatable bonds is 5. The quantitative estimate of drug-likeness (QED) is 0.838. The summed E-state index contributed by atoms with van der Waals surface area (Å²) >= 11 is 6.10. The van der Waals surface area contributed by atoms with Crippen LogP contribution in [0.3, 0.4) is 0 Å². The van der Waals surface area contributed by atoms with Gasteiger partial charge < -0.3 is 19.5 Å². The van der Waals surface area contributed by atoms with Crippen LogP contribution >= 0.6 is 11.6 Å². The monoisotopic (exact) mass is 368 g/mol. The number of hydrogen-bond acceptors (Lipinski definition) is 5. The summed E-state index contributed by atoms with van der Waals surface area (Å²) in [4.78, 5) is 27.2. The number of aliphatic carboxylic acids is 1. The van der Waals surface area contributed by atoms with Crippen LogP contribution in [0.1, 0.15) is 5.56 Å². The molecule has 2 atom stereocenters. The summed E-state index contributed by atoms with van der Waals surface area (Å²) in [5.74, 6) is -0.620. The summed E-state index contributed by atoms with van der Waals surface area (Å²) in [6.07, 6.45) is 0. The van der Waals surface area contributed by atoms with E-state index in [0.717, 1.165) is 5.56 Å². The maximum atomic E-state index is 12.4. The molecule has 2 aliphatic heterocycles. The first-order valence-corrected chi connectivity index (χ1v) is 8.51. The summed E-state index contributed by atoms with van der Waals surface area (Å²) in [5, 5.41) is 9.39. The fourth-order valence-electron chi connectivity index (χ4n) is 3.31. The van der Waals surface area contributed by atoms with Crippen LogP contribution in [-0.4, -0.2) is 72.8 Å². The Bertz CT molecular complexity index is 668. The van der Waals surface area contributed by atoms with Crippen LogP contribution in [0.2, 0.25) is 5.02 Å². The van der Waals surface area contributed by atoms with Gasteiger partial charge in [-0.2, -0.15) is 0 Å². The van der Waals surface area contributed by atoms with Crippen molar-refractivity contribution in [2.75, 3.05) is 40.0 Å². The van der Waals surface area contributed by atoms with E-state index >= 15 is 0 Å². The molecule has 0 saturated carbocycles. The van der Waals surface area contributed by atoms with E-state index < -0.39 is 12.6 Å². The lowest BCUT2D eigenvalue weighted by molar-refractivity contribution is -0.139. The van der Waals surface area contributed by atoms with Gasteiger partial charge in [0.15, 0.2) is 6.61 Å². The number of hydrogen-bond donors (Lipinski definition) is 1. The van der Waals surface area contributed by atoms with E-state index in [-0.39, 0.29) is 17.9 Å². The highest BCUT2D eigenvalue weighted by Gasteiger charge is 2.37. The van der Waals surface area contributed by atoms with Crippen molar-refractivity contribution in [3.63, 3.8) is 0 Å². The van der Waals surface area contributed by atoms with Gasteiger partial charge in [0, 0.05) is 37.3 Å². The molecular formula is C17H21ClN2O5. The predicted molar refractivity (Wildman–Crippen MR) is 90.7 cm³/mol. The van der Waals surface area contributed by atoms with Crippen molar-refractivity contribution in [3.05, 3.63) is 28.8 Å². The first kappa shape index (κ1) is 18.0. The third-order valence-electron chi connectivity index (χ3n) is 4.59. The average Bonchev–Trinajstić information content (AvgIpc) is 2.73. The minimum absolute atomic E-state index is 0.00238. The Balaban J connectivity index is 1.78. The van der Waals surface area contributed by atoms with Gasteiger partial charge in [-0.15, -0.1) is 0 Å². The van der Waals surface area contributed by atoms with Gasteiger partial charge in [0.05, 0.1) is 25.2 Å². The lowest BCUT2D eigenvalue weighted by Gasteiger charge is -2.29. The van der Waals surface area contributed by atoms with Crippen LogP contribution < -0.4 is 4.74 Å². The van der Waals surface area contributed by atoms with E-state index in [1.165, 1.54) is 0 Å². The molecule has 3 rings (SSSR count). The highest BCUT2D eigenvalue weighted by molar-refractivity contribution is 6.30. The highest BCUT2D eigenvalue weighted by atomic mass is 35.5. The molecule has 2 saturated heterocycles. The summed E-state index contributed by atoms with van der Waals surface area (Å²) < 4.78 is 11.0. The smallest absolute Gasteiger partial charge is 0.341 e. The molecule has 136 valence electrons. The van der Waals surface area contributed by atoms with E-state index in [4.69, 9.17) is 26.2 Å². The van der Waals surface area contributed by atoms with E-state index in [2.05, 4.69) is 4.90 Å². The van der Waals surface area contributed by atoms with Crippen molar-refractivity contribution < 1.29 is 24.2 Å². The lowest BCUT2D eigenvalue weighted by Crippen LogP contribution is -2.42. The van der Waals surface area contributed by atoms with Crippen LogP contribution in [0.25, 0.3) is 0 Å². The van der Waals surface area contributed by atoms with Gasteiger partial charge in [0.25, 0.3) is 0 Å². The number of carboxylic acid groups (broad SMARTS) is 1. The van der Waals surface area contributed by atoms with Crippen molar-refractivity contribution >= 4 is 23.5 Å². The number of carboxylic acids is 1. The molecule has 1 aromatic rings. The van der Waals surface area contributed by atoms with E-state index in [0.29, 0.717) is 43.6 Å². The molecule has 2 heterocycles. The zero-order chi connectivity index (χ0) is 18.0. The normalized spacial score (nSPS) is 24.1. The van der Waals surface area contributed by atoms with Crippen LogP contribution in [-0.2, 0) is 20.9 Å². The molecule has 25 heavy (non-hydrogen) atoms. The Morgan fingerprint density at radius 3 is 2.96 bits per heavy atom. The topological polar surface area (TPSA) is 79.3 Å². The minimum Gasteiger partial charge on any atom is -0.482 e. The minimum atomic E-state index is -1.03. The summed E-state index contributed by atoms with van der Waals surface area (Å²) in [6.45, 7) is 2.34.